The molecule has 0 unspecified atom stereocenters. The summed E-state index contributed by atoms with van der Waals surface area (Å²) in [6.45, 7) is 0. The van der Waals surface area contributed by atoms with Crippen molar-refractivity contribution in [1.82, 2.24) is 4.57 Å². The van der Waals surface area contributed by atoms with Gasteiger partial charge in [0.2, 0.25) is 0 Å². The third-order valence-electron chi connectivity index (χ3n) is 12.2. The molecule has 1 spiro atoms. The van der Waals surface area contributed by atoms with E-state index < -0.39 is 0 Å². The zero-order valence-corrected chi connectivity index (χ0v) is 28.9. The van der Waals surface area contributed by atoms with Gasteiger partial charge in [-0.15, -0.1) is 11.3 Å². The minimum Gasteiger partial charge on any atom is -0.456 e. The van der Waals surface area contributed by atoms with E-state index in [1.54, 1.807) is 11.1 Å². The van der Waals surface area contributed by atoms with Crippen molar-refractivity contribution in [3.8, 4) is 27.9 Å². The van der Waals surface area contributed by atoms with Crippen molar-refractivity contribution in [2.75, 3.05) is 0 Å². The Labute approximate surface area is 299 Å². The van der Waals surface area contributed by atoms with Crippen molar-refractivity contribution in [1.29, 1.82) is 0 Å². The second-order valence-corrected chi connectivity index (χ2v) is 15.8. The van der Waals surface area contributed by atoms with Gasteiger partial charge in [-0.25, -0.2) is 0 Å². The van der Waals surface area contributed by atoms with Crippen molar-refractivity contribution in [3.63, 3.8) is 0 Å². The fraction of sp³-hybridized carbons (Fsp3) is 0.125. The minimum atomic E-state index is 0.180. The summed E-state index contributed by atoms with van der Waals surface area (Å²) in [5.74, 6) is 0. The van der Waals surface area contributed by atoms with Gasteiger partial charge in [-0.3, -0.25) is 0 Å². The van der Waals surface area contributed by atoms with Crippen LogP contribution in [0.5, 0.6) is 0 Å². The molecule has 3 aromatic heterocycles. The van der Waals surface area contributed by atoms with Crippen LogP contribution in [0.1, 0.15) is 43.2 Å². The smallest absolute Gasteiger partial charge is 0.135 e. The highest BCUT2D eigenvalue weighted by molar-refractivity contribution is 7.25. The molecule has 2 aliphatic rings. The normalized spacial score (nSPS) is 15.2. The van der Waals surface area contributed by atoms with E-state index in [4.69, 9.17) is 4.42 Å². The lowest BCUT2D eigenvalue weighted by Gasteiger charge is -2.36. The van der Waals surface area contributed by atoms with Crippen LogP contribution in [0, 0.1) is 0 Å². The van der Waals surface area contributed by atoms with Crippen molar-refractivity contribution in [2.45, 2.75) is 37.5 Å². The molecule has 1 saturated carbocycles. The first-order valence-electron chi connectivity index (χ1n) is 18.3. The number of rotatable bonds is 2. The summed E-state index contributed by atoms with van der Waals surface area (Å²) < 4.78 is 11.3. The van der Waals surface area contributed by atoms with Gasteiger partial charge in [-0.2, -0.15) is 0 Å². The van der Waals surface area contributed by atoms with Gasteiger partial charge in [-0.05, 0) is 107 Å². The van der Waals surface area contributed by atoms with Crippen LogP contribution in [0.25, 0.3) is 91.9 Å². The molecule has 3 heteroatoms. The number of hydrogen-bond acceptors (Lipinski definition) is 2. The van der Waals surface area contributed by atoms with Crippen LogP contribution in [-0.4, -0.2) is 4.57 Å². The molecule has 0 atom stereocenters. The van der Waals surface area contributed by atoms with Crippen molar-refractivity contribution < 1.29 is 4.42 Å². The van der Waals surface area contributed by atoms with E-state index in [9.17, 15) is 0 Å². The number of thiophene rings is 1. The number of fused-ring (bicyclic) bond motifs is 14. The second kappa shape index (κ2) is 10.2. The van der Waals surface area contributed by atoms with E-state index in [0.717, 1.165) is 27.6 Å². The summed E-state index contributed by atoms with van der Waals surface area (Å²) >= 11 is 1.94. The van der Waals surface area contributed by atoms with Crippen molar-refractivity contribution in [2.24, 2.45) is 0 Å². The van der Waals surface area contributed by atoms with Crippen LogP contribution >= 0.6 is 11.3 Å². The van der Waals surface area contributed by atoms with E-state index in [1.807, 2.05) is 23.5 Å². The molecular weight excluding hydrogens is 639 g/mol. The molecule has 0 bridgehead atoms. The Morgan fingerprint density at radius 1 is 0.471 bits per heavy atom. The Balaban J connectivity index is 1.00. The number of aromatic nitrogens is 1. The predicted molar refractivity (Wildman–Crippen MR) is 216 cm³/mol. The van der Waals surface area contributed by atoms with E-state index in [2.05, 4.69) is 132 Å². The van der Waals surface area contributed by atoms with Gasteiger partial charge in [-0.1, -0.05) is 98.1 Å². The Morgan fingerprint density at radius 2 is 1.22 bits per heavy atom. The summed E-state index contributed by atoms with van der Waals surface area (Å²) in [5.41, 5.74) is 14.2. The van der Waals surface area contributed by atoms with Gasteiger partial charge >= 0.3 is 0 Å². The van der Waals surface area contributed by atoms with Crippen LogP contribution in [0.2, 0.25) is 0 Å². The Hall–Kier alpha value is -5.64. The van der Waals surface area contributed by atoms with E-state index in [1.165, 1.54) is 96.3 Å². The lowest BCUT2D eigenvalue weighted by Crippen LogP contribution is -2.27. The molecule has 2 aliphatic carbocycles. The zero-order chi connectivity index (χ0) is 33.3. The molecule has 2 nitrogen and oxygen atoms in total. The Morgan fingerprint density at radius 3 is 2.16 bits per heavy atom. The molecule has 1 fully saturated rings. The quantitative estimate of drug-likeness (QED) is 0.179. The summed E-state index contributed by atoms with van der Waals surface area (Å²) in [6.07, 6.45) is 6.53. The van der Waals surface area contributed by atoms with E-state index in [0.29, 0.717) is 0 Å². The molecule has 51 heavy (non-hydrogen) atoms. The van der Waals surface area contributed by atoms with Gasteiger partial charge in [0.05, 0.1) is 11.0 Å². The highest BCUT2D eigenvalue weighted by Gasteiger charge is 2.43. The average molecular weight is 672 g/mol. The highest BCUT2D eigenvalue weighted by Crippen LogP contribution is 2.57. The molecule has 0 saturated heterocycles. The lowest BCUT2D eigenvalue weighted by atomic mass is 9.68. The Bertz CT molecular complexity index is 3070. The Kier molecular flexibility index (Phi) is 5.63. The van der Waals surface area contributed by atoms with Gasteiger partial charge < -0.3 is 8.98 Å². The predicted octanol–water partition coefficient (Wildman–Crippen LogP) is 13.9. The molecule has 0 N–H and O–H groups in total. The highest BCUT2D eigenvalue weighted by atomic mass is 32.1. The first-order valence-corrected chi connectivity index (χ1v) is 19.1. The van der Waals surface area contributed by atoms with Crippen molar-refractivity contribution >= 4 is 75.3 Å². The summed E-state index contributed by atoms with van der Waals surface area (Å²) in [5, 5.41) is 7.62. The average Bonchev–Trinajstić information content (AvgIpc) is 3.91. The molecule has 0 aliphatic heterocycles. The van der Waals surface area contributed by atoms with Gasteiger partial charge in [0.25, 0.3) is 0 Å². The third-order valence-corrected chi connectivity index (χ3v) is 13.3. The van der Waals surface area contributed by atoms with E-state index >= 15 is 0 Å². The largest absolute Gasteiger partial charge is 0.456 e. The van der Waals surface area contributed by atoms with Crippen LogP contribution < -0.4 is 0 Å². The summed E-state index contributed by atoms with van der Waals surface area (Å²) in [4.78, 5) is 0. The molecule has 0 amide bonds. The number of hydrogen-bond donors (Lipinski definition) is 0. The maximum atomic E-state index is 6.17. The third kappa shape index (κ3) is 3.82. The van der Waals surface area contributed by atoms with Gasteiger partial charge in [0.1, 0.15) is 11.2 Å². The number of para-hydroxylation sites is 2. The van der Waals surface area contributed by atoms with Crippen LogP contribution in [0.15, 0.2) is 144 Å². The second-order valence-electron chi connectivity index (χ2n) is 14.8. The van der Waals surface area contributed by atoms with Crippen LogP contribution in [0.3, 0.4) is 0 Å². The van der Waals surface area contributed by atoms with Gasteiger partial charge in [0.15, 0.2) is 0 Å². The zero-order valence-electron chi connectivity index (χ0n) is 28.1. The molecule has 3 heterocycles. The molecular formula is C48H33NOS. The molecule has 7 aromatic carbocycles. The van der Waals surface area contributed by atoms with E-state index in [-0.39, 0.29) is 5.41 Å². The molecule has 10 aromatic rings. The van der Waals surface area contributed by atoms with Crippen molar-refractivity contribution in [3.05, 3.63) is 151 Å². The number of furan rings is 1. The minimum absolute atomic E-state index is 0.180. The fourth-order valence-electron chi connectivity index (χ4n) is 9.88. The lowest BCUT2D eigenvalue weighted by molar-refractivity contribution is 0.353. The first kappa shape index (κ1) is 28.1. The molecule has 12 rings (SSSR count). The number of nitrogens with zero attached hydrogens (tertiary/aromatic N) is 1. The maximum absolute atomic E-state index is 6.17. The first-order chi connectivity index (χ1) is 25.2. The standard InChI is InChI=1S/C48H33NOS/c1-8-22-48(23-9-1)40-13-5-2-10-32(40)36-28-47-39(27-41(36)48)35-19-16-30(25-46(35)51-47)29-17-20-43-37(24-29)33-11-3-6-14-42(33)49(43)31-18-21-45-38(26-31)34-12-4-7-15-44(34)50-45/h2-7,10-21,24-28H,1,8-9,22-23H2. The topological polar surface area (TPSA) is 18.1 Å². The van der Waals surface area contributed by atoms with Crippen LogP contribution in [0.4, 0.5) is 0 Å². The molecule has 242 valence electrons. The van der Waals surface area contributed by atoms with Crippen LogP contribution in [-0.2, 0) is 5.41 Å². The monoisotopic (exact) mass is 671 g/mol. The summed E-state index contributed by atoms with van der Waals surface area (Å²) in [6, 6.07) is 52.2. The number of benzene rings is 7. The maximum Gasteiger partial charge on any atom is 0.135 e. The summed E-state index contributed by atoms with van der Waals surface area (Å²) in [7, 11) is 0. The van der Waals surface area contributed by atoms with Gasteiger partial charge in [0, 0.05) is 52.8 Å². The SMILES string of the molecule is c1ccc2c(c1)-c1cc3sc4cc(-c5ccc6c(c5)c5ccccc5n6-c5ccc6oc7ccccc7c6c5)ccc4c3cc1C21CCCCC1. The fourth-order valence-corrected chi connectivity index (χ4v) is 11.0. The molecule has 0 radical (unpaired) electrons.